The monoisotopic (exact) mass is 493 g/mol. The van der Waals surface area contributed by atoms with Gasteiger partial charge in [0.05, 0.1) is 22.5 Å². The lowest BCUT2D eigenvalue weighted by Gasteiger charge is -2.33. The molecule has 2 aliphatic rings. The maximum atomic E-state index is 14.4. The van der Waals surface area contributed by atoms with E-state index in [1.165, 1.54) is 6.07 Å². The molecule has 1 saturated heterocycles. The molecule has 1 amide bonds. The quantitative estimate of drug-likeness (QED) is 0.326. The SMILES string of the molecule is Cc1c(F)cccc1Nc1c(-c2ccncc2C#Cc2cccnn2)[nH]c2c1C(=O)NC[C@]21CCNC1. The smallest absolute Gasteiger partial charge is 0.255 e. The second-order valence-corrected chi connectivity index (χ2v) is 9.33. The number of aromatic nitrogens is 4. The number of nitrogens with one attached hydrogen (secondary N) is 4. The van der Waals surface area contributed by atoms with E-state index in [2.05, 4.69) is 48.0 Å². The van der Waals surface area contributed by atoms with Gasteiger partial charge in [0.15, 0.2) is 0 Å². The third kappa shape index (κ3) is 4.01. The number of halogens is 1. The van der Waals surface area contributed by atoms with Gasteiger partial charge in [0.1, 0.15) is 11.5 Å². The standard InChI is InChI=1S/C28H24FN7O/c1-17-21(29)5-2-6-22(17)34-25-23-26(28(10-13-31-15-28)16-32-27(23)37)35-24(25)20-9-12-30-14-18(20)7-8-19-4-3-11-33-36-19/h2-6,9,11-12,14,31,34-35H,10,13,15-16H2,1H3,(H,32,37)/t28-/m1/s1. The van der Waals surface area contributed by atoms with Gasteiger partial charge < -0.3 is 20.9 Å². The van der Waals surface area contributed by atoms with E-state index in [0.717, 1.165) is 30.8 Å². The summed E-state index contributed by atoms with van der Waals surface area (Å²) in [7, 11) is 0. The van der Waals surface area contributed by atoms with Crippen LogP contribution in [0.4, 0.5) is 15.8 Å². The maximum Gasteiger partial charge on any atom is 0.255 e. The summed E-state index contributed by atoms with van der Waals surface area (Å²) < 4.78 is 14.4. The molecule has 3 aromatic heterocycles. The van der Waals surface area contributed by atoms with Crippen LogP contribution in [-0.2, 0) is 5.41 Å². The van der Waals surface area contributed by atoms with E-state index in [-0.39, 0.29) is 17.1 Å². The van der Waals surface area contributed by atoms with E-state index in [1.807, 2.05) is 6.07 Å². The Labute approximate surface area is 213 Å². The predicted octanol–water partition coefficient (Wildman–Crippen LogP) is 3.43. The first kappa shape index (κ1) is 22.9. The highest BCUT2D eigenvalue weighted by atomic mass is 19.1. The molecule has 0 radical (unpaired) electrons. The summed E-state index contributed by atoms with van der Waals surface area (Å²) >= 11 is 0. The van der Waals surface area contributed by atoms with Crippen molar-refractivity contribution >= 4 is 17.3 Å². The van der Waals surface area contributed by atoms with Crippen molar-refractivity contribution in [2.24, 2.45) is 0 Å². The molecule has 9 heteroatoms. The first-order valence-corrected chi connectivity index (χ1v) is 12.1. The zero-order chi connectivity index (χ0) is 25.4. The number of aromatic amines is 1. The zero-order valence-electron chi connectivity index (χ0n) is 20.2. The molecule has 1 fully saturated rings. The summed E-state index contributed by atoms with van der Waals surface area (Å²) in [6, 6.07) is 10.3. The van der Waals surface area contributed by atoms with Gasteiger partial charge in [0.2, 0.25) is 0 Å². The molecule has 1 spiro atoms. The maximum absolute atomic E-state index is 14.4. The Morgan fingerprint density at radius 2 is 2.03 bits per heavy atom. The minimum absolute atomic E-state index is 0.173. The molecular formula is C28H24FN7O. The van der Waals surface area contributed by atoms with Gasteiger partial charge >= 0.3 is 0 Å². The van der Waals surface area contributed by atoms with Crippen molar-refractivity contribution in [1.82, 2.24) is 30.8 Å². The van der Waals surface area contributed by atoms with Crippen LogP contribution in [0.15, 0.2) is 55.0 Å². The molecule has 0 saturated carbocycles. The summed E-state index contributed by atoms with van der Waals surface area (Å²) in [6.07, 6.45) is 5.85. The fraction of sp³-hybridized carbons (Fsp3) is 0.214. The molecule has 2 aliphatic heterocycles. The van der Waals surface area contributed by atoms with Gasteiger partial charge in [-0.3, -0.25) is 9.78 Å². The lowest BCUT2D eigenvalue weighted by atomic mass is 9.79. The summed E-state index contributed by atoms with van der Waals surface area (Å²) in [4.78, 5) is 21.2. The van der Waals surface area contributed by atoms with Gasteiger partial charge in [0.25, 0.3) is 5.91 Å². The highest BCUT2D eigenvalue weighted by molar-refractivity contribution is 6.07. The Kier molecular flexibility index (Phi) is 5.66. The van der Waals surface area contributed by atoms with Gasteiger partial charge in [-0.05, 0) is 56.1 Å². The number of rotatable bonds is 3. The van der Waals surface area contributed by atoms with Crippen LogP contribution in [0.3, 0.4) is 0 Å². The minimum Gasteiger partial charge on any atom is -0.355 e. The number of carbonyl (C=O) groups is 1. The number of benzene rings is 1. The Balaban J connectivity index is 1.56. The Hall–Kier alpha value is -4.55. The molecular weight excluding hydrogens is 469 g/mol. The van der Waals surface area contributed by atoms with Crippen LogP contribution >= 0.6 is 0 Å². The van der Waals surface area contributed by atoms with E-state index in [4.69, 9.17) is 0 Å². The number of hydrogen-bond donors (Lipinski definition) is 4. The first-order chi connectivity index (χ1) is 18.1. The molecule has 0 bridgehead atoms. The third-order valence-corrected chi connectivity index (χ3v) is 7.10. The van der Waals surface area contributed by atoms with Crippen LogP contribution < -0.4 is 16.0 Å². The lowest BCUT2D eigenvalue weighted by molar-refractivity contribution is 0.0927. The Bertz CT molecular complexity index is 1560. The van der Waals surface area contributed by atoms with Crippen molar-refractivity contribution in [3.63, 3.8) is 0 Å². The van der Waals surface area contributed by atoms with Crippen molar-refractivity contribution in [3.8, 4) is 23.1 Å². The van der Waals surface area contributed by atoms with Gasteiger partial charge in [-0.2, -0.15) is 5.10 Å². The van der Waals surface area contributed by atoms with Crippen molar-refractivity contribution in [2.75, 3.05) is 25.0 Å². The average molecular weight is 494 g/mol. The molecule has 8 nitrogen and oxygen atoms in total. The van der Waals surface area contributed by atoms with Gasteiger partial charge in [-0.25, -0.2) is 4.39 Å². The summed E-state index contributed by atoms with van der Waals surface area (Å²) in [5.41, 5.74) is 5.45. The van der Waals surface area contributed by atoms with Gasteiger partial charge in [-0.1, -0.05) is 12.0 Å². The molecule has 4 N–H and O–H groups in total. The van der Waals surface area contributed by atoms with E-state index in [1.54, 1.807) is 49.8 Å². The zero-order valence-corrected chi connectivity index (χ0v) is 20.2. The average Bonchev–Trinajstić information content (AvgIpc) is 3.55. The Morgan fingerprint density at radius 3 is 2.84 bits per heavy atom. The first-order valence-electron chi connectivity index (χ1n) is 12.1. The third-order valence-electron chi connectivity index (χ3n) is 7.10. The fourth-order valence-electron chi connectivity index (χ4n) is 5.08. The van der Waals surface area contributed by atoms with Gasteiger partial charge in [-0.15, -0.1) is 5.10 Å². The largest absolute Gasteiger partial charge is 0.355 e. The number of carbonyl (C=O) groups excluding carboxylic acids is 1. The topological polar surface area (TPSA) is 108 Å². The van der Waals surface area contributed by atoms with Crippen molar-refractivity contribution < 1.29 is 9.18 Å². The molecule has 4 aromatic rings. The molecule has 1 atom stereocenters. The fourth-order valence-corrected chi connectivity index (χ4v) is 5.08. The van der Waals surface area contributed by atoms with E-state index in [9.17, 15) is 9.18 Å². The van der Waals surface area contributed by atoms with Gasteiger partial charge in [0, 0.05) is 59.6 Å². The summed E-state index contributed by atoms with van der Waals surface area (Å²) in [5.74, 6) is 5.70. The van der Waals surface area contributed by atoms with Crippen molar-refractivity contribution in [1.29, 1.82) is 0 Å². The van der Waals surface area contributed by atoms with Crippen LogP contribution in [-0.4, -0.2) is 45.7 Å². The van der Waals surface area contributed by atoms with E-state index >= 15 is 0 Å². The number of nitrogens with zero attached hydrogens (tertiary/aromatic N) is 3. The summed E-state index contributed by atoms with van der Waals surface area (Å²) in [6.45, 7) is 3.86. The van der Waals surface area contributed by atoms with Crippen LogP contribution in [0.2, 0.25) is 0 Å². The van der Waals surface area contributed by atoms with Crippen molar-refractivity contribution in [3.05, 3.63) is 88.9 Å². The van der Waals surface area contributed by atoms with Crippen LogP contribution in [0.5, 0.6) is 0 Å². The van der Waals surface area contributed by atoms with Crippen LogP contribution in [0.25, 0.3) is 11.3 Å². The number of H-pyrrole nitrogens is 1. The Morgan fingerprint density at radius 1 is 1.11 bits per heavy atom. The molecule has 184 valence electrons. The van der Waals surface area contributed by atoms with E-state index < -0.39 is 0 Å². The van der Waals surface area contributed by atoms with E-state index in [0.29, 0.717) is 46.0 Å². The molecule has 37 heavy (non-hydrogen) atoms. The van der Waals surface area contributed by atoms with Crippen LogP contribution in [0, 0.1) is 24.6 Å². The number of amides is 1. The summed E-state index contributed by atoms with van der Waals surface area (Å²) in [5, 5.41) is 17.8. The molecule has 6 rings (SSSR count). The normalized spacial score (nSPS) is 18.2. The second-order valence-electron chi connectivity index (χ2n) is 9.33. The molecule has 0 aliphatic carbocycles. The number of fused-ring (bicyclic) bond motifs is 2. The molecule has 0 unspecified atom stereocenters. The molecule has 5 heterocycles. The predicted molar refractivity (Wildman–Crippen MR) is 138 cm³/mol. The van der Waals surface area contributed by atoms with Crippen molar-refractivity contribution in [2.45, 2.75) is 18.8 Å². The second kappa shape index (κ2) is 9.15. The number of pyridine rings is 1. The minimum atomic E-state index is -0.323. The highest BCUT2D eigenvalue weighted by Gasteiger charge is 2.45. The number of hydrogen-bond acceptors (Lipinski definition) is 6. The highest BCUT2D eigenvalue weighted by Crippen LogP contribution is 2.44. The lowest BCUT2D eigenvalue weighted by Crippen LogP contribution is -2.48. The number of anilines is 2. The molecule has 1 aromatic carbocycles. The van der Waals surface area contributed by atoms with Crippen LogP contribution in [0.1, 0.15) is 39.3 Å².